The van der Waals surface area contributed by atoms with E-state index in [1.165, 1.54) is 28.2 Å². The van der Waals surface area contributed by atoms with Crippen molar-refractivity contribution in [1.29, 1.82) is 0 Å². The molecule has 0 radical (unpaired) electrons. The number of thiazole rings is 1. The Labute approximate surface area is 192 Å². The van der Waals surface area contributed by atoms with Crippen molar-refractivity contribution in [2.45, 2.75) is 37.2 Å². The molecule has 0 saturated carbocycles. The van der Waals surface area contributed by atoms with Crippen LogP contribution in [-0.2, 0) is 7.05 Å². The monoisotopic (exact) mass is 471 g/mol. The van der Waals surface area contributed by atoms with E-state index in [0.717, 1.165) is 21.3 Å². The van der Waals surface area contributed by atoms with Gasteiger partial charge in [0.05, 0.1) is 21.3 Å². The minimum atomic E-state index is -1.16. The van der Waals surface area contributed by atoms with E-state index in [0.29, 0.717) is 27.2 Å². The first-order valence-corrected chi connectivity index (χ1v) is 11.6. The van der Waals surface area contributed by atoms with Gasteiger partial charge in [-0.15, -0.1) is 11.8 Å². The quantitative estimate of drug-likeness (QED) is 0.382. The SMILES string of the molecule is Cc1cc(-c2nc(-n3nc(C)c(-c4cccc(F)c4)c3C(=O)O)sc2SC(C)C)n(C)n1. The Hall–Kier alpha value is -2.98. The van der Waals surface area contributed by atoms with Crippen molar-refractivity contribution in [3.63, 3.8) is 0 Å². The van der Waals surface area contributed by atoms with Gasteiger partial charge in [0.25, 0.3) is 0 Å². The highest BCUT2D eigenvalue weighted by molar-refractivity contribution is 8.01. The molecule has 0 fully saturated rings. The predicted molar refractivity (Wildman–Crippen MR) is 124 cm³/mol. The number of aromatic carboxylic acids is 1. The van der Waals surface area contributed by atoms with Crippen molar-refractivity contribution in [3.05, 3.63) is 53.2 Å². The van der Waals surface area contributed by atoms with Crippen LogP contribution in [0.4, 0.5) is 4.39 Å². The van der Waals surface area contributed by atoms with Gasteiger partial charge in [0.1, 0.15) is 11.5 Å². The molecular weight excluding hydrogens is 449 g/mol. The summed E-state index contributed by atoms with van der Waals surface area (Å²) in [5.41, 5.74) is 3.73. The summed E-state index contributed by atoms with van der Waals surface area (Å²) < 4.78 is 17.9. The van der Waals surface area contributed by atoms with Crippen molar-refractivity contribution in [2.75, 3.05) is 0 Å². The normalized spacial score (nSPS) is 11.5. The smallest absolute Gasteiger partial charge is 0.355 e. The van der Waals surface area contributed by atoms with Crippen LogP contribution >= 0.6 is 23.1 Å². The van der Waals surface area contributed by atoms with Gasteiger partial charge in [-0.25, -0.2) is 14.2 Å². The van der Waals surface area contributed by atoms with E-state index < -0.39 is 11.8 Å². The lowest BCUT2D eigenvalue weighted by molar-refractivity contribution is 0.0688. The molecule has 0 amide bonds. The minimum Gasteiger partial charge on any atom is -0.476 e. The van der Waals surface area contributed by atoms with Gasteiger partial charge in [0.15, 0.2) is 5.69 Å². The van der Waals surface area contributed by atoms with Crippen LogP contribution in [0, 0.1) is 19.7 Å². The second-order valence-corrected chi connectivity index (χ2v) is 10.5. The fourth-order valence-electron chi connectivity index (χ4n) is 3.53. The largest absolute Gasteiger partial charge is 0.476 e. The summed E-state index contributed by atoms with van der Waals surface area (Å²) in [4.78, 5) is 17.1. The lowest BCUT2D eigenvalue weighted by Crippen LogP contribution is -2.09. The van der Waals surface area contributed by atoms with Crippen LogP contribution in [-0.4, -0.2) is 40.9 Å². The molecule has 0 saturated heterocycles. The van der Waals surface area contributed by atoms with Crippen molar-refractivity contribution in [3.8, 4) is 27.6 Å². The summed E-state index contributed by atoms with van der Waals surface area (Å²) >= 11 is 3.03. The molecule has 3 aromatic heterocycles. The van der Waals surface area contributed by atoms with Crippen LogP contribution < -0.4 is 0 Å². The first-order valence-electron chi connectivity index (χ1n) is 9.93. The molecule has 0 bridgehead atoms. The van der Waals surface area contributed by atoms with Gasteiger partial charge in [0.2, 0.25) is 5.13 Å². The lowest BCUT2D eigenvalue weighted by Gasteiger charge is -2.04. The molecular formula is C22H22FN5O2S2. The molecule has 3 heterocycles. The van der Waals surface area contributed by atoms with Gasteiger partial charge in [-0.3, -0.25) is 4.68 Å². The molecule has 1 aromatic carbocycles. The second-order valence-electron chi connectivity index (χ2n) is 7.63. The van der Waals surface area contributed by atoms with Crippen molar-refractivity contribution in [2.24, 2.45) is 7.05 Å². The Morgan fingerprint density at radius 3 is 2.56 bits per heavy atom. The van der Waals surface area contributed by atoms with Gasteiger partial charge in [-0.1, -0.05) is 37.3 Å². The van der Waals surface area contributed by atoms with E-state index in [1.807, 2.05) is 20.0 Å². The summed E-state index contributed by atoms with van der Waals surface area (Å²) in [6.07, 6.45) is 0. The van der Waals surface area contributed by atoms with E-state index in [-0.39, 0.29) is 5.69 Å². The highest BCUT2D eigenvalue weighted by Crippen LogP contribution is 2.40. The maximum Gasteiger partial charge on any atom is 0.355 e. The average Bonchev–Trinajstić information content (AvgIpc) is 3.35. The Balaban J connectivity index is 1.93. The van der Waals surface area contributed by atoms with E-state index in [2.05, 4.69) is 24.0 Å². The number of thioether (sulfide) groups is 1. The number of carboxylic acid groups (broad SMARTS) is 1. The summed E-state index contributed by atoms with van der Waals surface area (Å²) in [5.74, 6) is -1.60. The van der Waals surface area contributed by atoms with Gasteiger partial charge < -0.3 is 5.11 Å². The Morgan fingerprint density at radius 2 is 1.97 bits per heavy atom. The van der Waals surface area contributed by atoms with E-state index >= 15 is 0 Å². The van der Waals surface area contributed by atoms with Crippen molar-refractivity contribution < 1.29 is 14.3 Å². The Kier molecular flexibility index (Phi) is 5.91. The fraction of sp³-hybridized carbons (Fsp3) is 0.273. The number of carboxylic acids is 1. The standard InChI is InChI=1S/C22H22FN5O2S2/c1-11(2)31-21-18(16-9-12(3)25-27(16)5)24-22(32-21)28-19(20(29)30)17(13(4)26-28)14-7-6-8-15(23)10-14/h6-11H,1-5H3,(H,29,30). The van der Waals surface area contributed by atoms with Gasteiger partial charge in [0, 0.05) is 17.9 Å². The van der Waals surface area contributed by atoms with Crippen LogP contribution in [0.1, 0.15) is 35.7 Å². The number of hydrogen-bond donors (Lipinski definition) is 1. The molecule has 0 atom stereocenters. The highest BCUT2D eigenvalue weighted by Gasteiger charge is 2.27. The van der Waals surface area contributed by atoms with Gasteiger partial charge in [-0.05, 0) is 37.6 Å². The third kappa shape index (κ3) is 4.07. The summed E-state index contributed by atoms with van der Waals surface area (Å²) in [5, 5.41) is 19.7. The summed E-state index contributed by atoms with van der Waals surface area (Å²) in [6.45, 7) is 7.80. The third-order valence-electron chi connectivity index (χ3n) is 4.73. The summed E-state index contributed by atoms with van der Waals surface area (Å²) in [6, 6.07) is 7.81. The zero-order valence-electron chi connectivity index (χ0n) is 18.3. The molecule has 1 N–H and O–H groups in total. The lowest BCUT2D eigenvalue weighted by atomic mass is 10.0. The van der Waals surface area contributed by atoms with Crippen molar-refractivity contribution in [1.82, 2.24) is 24.5 Å². The maximum absolute atomic E-state index is 13.9. The fourth-order valence-corrected chi connectivity index (χ4v) is 5.98. The number of nitrogens with zero attached hydrogens (tertiary/aromatic N) is 5. The van der Waals surface area contributed by atoms with Crippen LogP contribution in [0.15, 0.2) is 34.5 Å². The topological polar surface area (TPSA) is 85.8 Å². The summed E-state index contributed by atoms with van der Waals surface area (Å²) in [7, 11) is 1.86. The van der Waals surface area contributed by atoms with Crippen LogP contribution in [0.3, 0.4) is 0 Å². The molecule has 0 aliphatic rings. The Morgan fingerprint density at radius 1 is 1.22 bits per heavy atom. The van der Waals surface area contributed by atoms with Crippen LogP contribution in [0.25, 0.3) is 27.6 Å². The molecule has 0 aliphatic heterocycles. The van der Waals surface area contributed by atoms with E-state index in [9.17, 15) is 14.3 Å². The van der Waals surface area contributed by atoms with Gasteiger partial charge >= 0.3 is 5.97 Å². The highest BCUT2D eigenvalue weighted by atomic mass is 32.2. The average molecular weight is 472 g/mol. The number of halogens is 1. The zero-order valence-corrected chi connectivity index (χ0v) is 19.9. The maximum atomic E-state index is 13.9. The van der Waals surface area contributed by atoms with Crippen LogP contribution in [0.2, 0.25) is 0 Å². The molecule has 0 spiro atoms. The first-order chi connectivity index (χ1) is 15.2. The second kappa shape index (κ2) is 8.51. The number of carbonyl (C=O) groups is 1. The number of aryl methyl sites for hydroxylation is 3. The molecule has 32 heavy (non-hydrogen) atoms. The number of benzene rings is 1. The van der Waals surface area contributed by atoms with Crippen LogP contribution in [0.5, 0.6) is 0 Å². The Bertz CT molecular complexity index is 1320. The molecule has 7 nitrogen and oxygen atoms in total. The molecule has 166 valence electrons. The minimum absolute atomic E-state index is 0.0457. The molecule has 4 aromatic rings. The molecule has 0 aliphatic carbocycles. The van der Waals surface area contributed by atoms with Gasteiger partial charge in [-0.2, -0.15) is 14.9 Å². The predicted octanol–water partition coefficient (Wildman–Crippen LogP) is 5.35. The van der Waals surface area contributed by atoms with E-state index in [4.69, 9.17) is 4.98 Å². The number of hydrogen-bond acceptors (Lipinski definition) is 6. The molecule has 4 rings (SSSR count). The third-order valence-corrected chi connectivity index (χ3v) is 6.97. The number of aromatic nitrogens is 5. The number of rotatable bonds is 6. The van der Waals surface area contributed by atoms with E-state index in [1.54, 1.807) is 35.5 Å². The zero-order chi connectivity index (χ0) is 23.2. The molecule has 10 heteroatoms. The first kappa shape index (κ1) is 22.2. The van der Waals surface area contributed by atoms with Crippen molar-refractivity contribution >= 4 is 29.1 Å². The molecule has 0 unspecified atom stereocenters.